The average Bonchev–Trinajstić information content (AvgIpc) is 3.20. The molecule has 3 aromatic heterocycles. The molecule has 0 saturated heterocycles. The van der Waals surface area contributed by atoms with Crippen molar-refractivity contribution in [2.75, 3.05) is 6.54 Å². The molecule has 0 aromatic carbocycles. The lowest BCUT2D eigenvalue weighted by molar-refractivity contribution is 0.217. The first-order valence-electron chi connectivity index (χ1n) is 6.87. The molecule has 0 atom stereocenters. The minimum atomic E-state index is 0.422. The number of hydrogen-bond acceptors (Lipinski definition) is 6. The number of hydrogen-bond donors (Lipinski definition) is 0. The van der Waals surface area contributed by atoms with Crippen LogP contribution in [-0.4, -0.2) is 31.2 Å². The van der Waals surface area contributed by atoms with Crippen LogP contribution in [-0.2, 0) is 26.6 Å². The summed E-state index contributed by atoms with van der Waals surface area (Å²) in [4.78, 5) is 6.69. The van der Waals surface area contributed by atoms with Crippen molar-refractivity contribution in [1.82, 2.24) is 24.6 Å². The number of rotatable bonds is 3. The van der Waals surface area contributed by atoms with Crippen LogP contribution in [0.15, 0.2) is 33.6 Å². The molecule has 0 saturated carbocycles. The third-order valence-electron chi connectivity index (χ3n) is 3.74. The summed E-state index contributed by atoms with van der Waals surface area (Å²) in [5.41, 5.74) is 2.45. The Balaban J connectivity index is 1.48. The van der Waals surface area contributed by atoms with Gasteiger partial charge in [0.2, 0.25) is 5.89 Å². The Morgan fingerprint density at radius 3 is 3.14 bits per heavy atom. The molecule has 0 amide bonds. The first-order valence-corrected chi connectivity index (χ1v) is 6.87. The van der Waals surface area contributed by atoms with Gasteiger partial charge in [0.15, 0.2) is 5.76 Å². The van der Waals surface area contributed by atoms with Gasteiger partial charge >= 0.3 is 0 Å². The van der Waals surface area contributed by atoms with Crippen LogP contribution < -0.4 is 0 Å². The largest absolute Gasteiger partial charge is 0.459 e. The molecular weight excluding hydrogens is 270 g/mol. The third-order valence-corrected chi connectivity index (χ3v) is 3.74. The van der Waals surface area contributed by atoms with Gasteiger partial charge in [0.25, 0.3) is 5.89 Å². The van der Waals surface area contributed by atoms with Crippen LogP contribution in [0.3, 0.4) is 0 Å². The number of nitrogens with zero attached hydrogens (tertiary/aromatic N) is 5. The summed E-state index contributed by atoms with van der Waals surface area (Å²) in [6.45, 7) is 2.41. The first-order chi connectivity index (χ1) is 10.3. The Hall–Kier alpha value is -2.41. The fourth-order valence-electron chi connectivity index (χ4n) is 2.66. The van der Waals surface area contributed by atoms with Crippen molar-refractivity contribution in [3.05, 3.63) is 42.0 Å². The highest BCUT2D eigenvalue weighted by molar-refractivity contribution is 5.42. The first kappa shape index (κ1) is 12.3. The number of aromatic nitrogens is 4. The maximum absolute atomic E-state index is 5.64. The lowest BCUT2D eigenvalue weighted by Crippen LogP contribution is -2.30. The van der Waals surface area contributed by atoms with Crippen molar-refractivity contribution >= 4 is 0 Å². The van der Waals surface area contributed by atoms with Gasteiger partial charge in [-0.25, -0.2) is 4.98 Å². The SMILES string of the molecule is Cn1cnc2c1CCN(Cc1nnc(-c3ccco3)o1)C2. The summed E-state index contributed by atoms with van der Waals surface area (Å²) in [7, 11) is 2.04. The Kier molecular flexibility index (Phi) is 2.85. The van der Waals surface area contributed by atoms with Crippen molar-refractivity contribution in [2.45, 2.75) is 19.5 Å². The van der Waals surface area contributed by atoms with Crippen molar-refractivity contribution < 1.29 is 8.83 Å². The highest BCUT2D eigenvalue weighted by atomic mass is 16.4. The Bertz CT molecular complexity index is 743. The quantitative estimate of drug-likeness (QED) is 0.728. The monoisotopic (exact) mass is 285 g/mol. The number of furan rings is 1. The summed E-state index contributed by atoms with van der Waals surface area (Å²) in [5, 5.41) is 8.10. The second kappa shape index (κ2) is 4.85. The fourth-order valence-corrected chi connectivity index (χ4v) is 2.66. The third kappa shape index (κ3) is 2.25. The van der Waals surface area contributed by atoms with Gasteiger partial charge in [0.05, 0.1) is 24.8 Å². The molecule has 1 aliphatic rings. The summed E-state index contributed by atoms with van der Waals surface area (Å²) < 4.78 is 13.0. The van der Waals surface area contributed by atoms with Crippen LogP contribution in [0.4, 0.5) is 0 Å². The van der Waals surface area contributed by atoms with E-state index < -0.39 is 0 Å². The van der Waals surface area contributed by atoms with E-state index >= 15 is 0 Å². The van der Waals surface area contributed by atoms with Crippen LogP contribution in [0.1, 0.15) is 17.3 Å². The maximum Gasteiger partial charge on any atom is 0.283 e. The predicted molar refractivity (Wildman–Crippen MR) is 73.0 cm³/mol. The van der Waals surface area contributed by atoms with E-state index in [9.17, 15) is 0 Å². The van der Waals surface area contributed by atoms with Gasteiger partial charge in [0, 0.05) is 32.3 Å². The highest BCUT2D eigenvalue weighted by Gasteiger charge is 2.22. The second-order valence-corrected chi connectivity index (χ2v) is 5.19. The normalized spacial score (nSPS) is 15.3. The Morgan fingerprint density at radius 1 is 1.33 bits per heavy atom. The lowest BCUT2D eigenvalue weighted by Gasteiger charge is -2.24. The van der Waals surface area contributed by atoms with E-state index in [0.717, 1.165) is 25.2 Å². The molecule has 3 aromatic rings. The minimum absolute atomic E-state index is 0.422. The van der Waals surface area contributed by atoms with Crippen molar-refractivity contribution in [2.24, 2.45) is 7.05 Å². The molecule has 0 bridgehead atoms. The molecule has 0 fully saturated rings. The molecular formula is C14H15N5O2. The lowest BCUT2D eigenvalue weighted by atomic mass is 10.1. The van der Waals surface area contributed by atoms with Crippen LogP contribution in [0.25, 0.3) is 11.7 Å². The maximum atomic E-state index is 5.64. The van der Waals surface area contributed by atoms with E-state index in [1.54, 1.807) is 18.4 Å². The highest BCUT2D eigenvalue weighted by Crippen LogP contribution is 2.21. The number of aryl methyl sites for hydroxylation is 1. The zero-order chi connectivity index (χ0) is 14.2. The van der Waals surface area contributed by atoms with Gasteiger partial charge in [-0.3, -0.25) is 4.90 Å². The van der Waals surface area contributed by atoms with E-state index in [0.29, 0.717) is 24.1 Å². The van der Waals surface area contributed by atoms with Gasteiger partial charge < -0.3 is 13.4 Å². The molecule has 0 unspecified atom stereocenters. The smallest absolute Gasteiger partial charge is 0.283 e. The summed E-state index contributed by atoms with van der Waals surface area (Å²) in [5.74, 6) is 1.62. The van der Waals surface area contributed by atoms with E-state index in [2.05, 4.69) is 24.6 Å². The molecule has 0 spiro atoms. The molecule has 108 valence electrons. The topological polar surface area (TPSA) is 73.1 Å². The van der Waals surface area contributed by atoms with Crippen LogP contribution in [0, 0.1) is 0 Å². The summed E-state index contributed by atoms with van der Waals surface area (Å²) >= 11 is 0. The van der Waals surface area contributed by atoms with E-state index in [1.165, 1.54) is 5.69 Å². The Labute approximate surface area is 121 Å². The minimum Gasteiger partial charge on any atom is -0.459 e. The van der Waals surface area contributed by atoms with Crippen LogP contribution in [0.2, 0.25) is 0 Å². The predicted octanol–water partition coefficient (Wildman–Crippen LogP) is 1.62. The van der Waals surface area contributed by atoms with Gasteiger partial charge in [0.1, 0.15) is 0 Å². The Morgan fingerprint density at radius 2 is 2.29 bits per heavy atom. The molecule has 7 heteroatoms. The van der Waals surface area contributed by atoms with Crippen LogP contribution >= 0.6 is 0 Å². The van der Waals surface area contributed by atoms with Gasteiger partial charge in [-0.2, -0.15) is 0 Å². The average molecular weight is 285 g/mol. The van der Waals surface area contributed by atoms with Crippen molar-refractivity contribution in [3.63, 3.8) is 0 Å². The molecule has 4 heterocycles. The van der Waals surface area contributed by atoms with E-state index in [-0.39, 0.29) is 0 Å². The van der Waals surface area contributed by atoms with Crippen molar-refractivity contribution in [1.29, 1.82) is 0 Å². The molecule has 0 N–H and O–H groups in total. The van der Waals surface area contributed by atoms with E-state index in [4.69, 9.17) is 8.83 Å². The molecule has 1 aliphatic heterocycles. The van der Waals surface area contributed by atoms with Crippen molar-refractivity contribution in [3.8, 4) is 11.7 Å². The summed E-state index contributed by atoms with van der Waals surface area (Å²) in [6, 6.07) is 3.60. The second-order valence-electron chi connectivity index (χ2n) is 5.19. The molecule has 21 heavy (non-hydrogen) atoms. The van der Waals surface area contributed by atoms with E-state index in [1.807, 2.05) is 13.4 Å². The standard InChI is InChI=1S/C14H15N5O2/c1-18-9-15-10-7-19(5-4-11(10)18)8-13-16-17-14(21-13)12-3-2-6-20-12/h2-3,6,9H,4-5,7-8H2,1H3. The molecule has 7 nitrogen and oxygen atoms in total. The molecule has 4 rings (SSSR count). The zero-order valence-corrected chi connectivity index (χ0v) is 11.7. The fraction of sp³-hybridized carbons (Fsp3) is 0.357. The number of fused-ring (bicyclic) bond motifs is 1. The molecule has 0 aliphatic carbocycles. The summed E-state index contributed by atoms with van der Waals surface area (Å²) in [6.07, 6.45) is 4.45. The molecule has 0 radical (unpaired) electrons. The number of imidazole rings is 1. The zero-order valence-electron chi connectivity index (χ0n) is 11.7. The van der Waals surface area contributed by atoms with Crippen LogP contribution in [0.5, 0.6) is 0 Å². The van der Waals surface area contributed by atoms with Gasteiger partial charge in [-0.05, 0) is 12.1 Å². The van der Waals surface area contributed by atoms with Gasteiger partial charge in [-0.1, -0.05) is 0 Å². The van der Waals surface area contributed by atoms with Gasteiger partial charge in [-0.15, -0.1) is 10.2 Å².